The first kappa shape index (κ1) is 14.6. The Morgan fingerprint density at radius 3 is 2.14 bits per heavy atom. The number of nitrogens with zero attached hydrogens (tertiary/aromatic N) is 2. The smallest absolute Gasteiger partial charge is 0.259 e. The number of hydrogen-bond acceptors (Lipinski definition) is 4. The van der Waals surface area contributed by atoms with Gasteiger partial charge in [-0.15, -0.1) is 0 Å². The molecule has 6 nitrogen and oxygen atoms in total. The number of nitrogens with one attached hydrogen (secondary N) is 2. The third-order valence-electron chi connectivity index (χ3n) is 2.89. The highest BCUT2D eigenvalue weighted by Crippen LogP contribution is 2.17. The van der Waals surface area contributed by atoms with Gasteiger partial charge in [0.05, 0.1) is 17.0 Å². The third kappa shape index (κ3) is 3.62. The molecule has 0 aliphatic rings. The van der Waals surface area contributed by atoms with Gasteiger partial charge in [-0.3, -0.25) is 9.59 Å². The largest absolute Gasteiger partial charge is 0.326 e. The highest BCUT2D eigenvalue weighted by molar-refractivity contribution is 6.06. The van der Waals surface area contributed by atoms with Crippen LogP contribution in [0.2, 0.25) is 0 Å². The quantitative estimate of drug-likeness (QED) is 0.905. The molecule has 21 heavy (non-hydrogen) atoms. The molecule has 0 saturated carbocycles. The van der Waals surface area contributed by atoms with E-state index in [1.54, 1.807) is 38.1 Å². The second-order valence-corrected chi connectivity index (χ2v) is 4.64. The van der Waals surface area contributed by atoms with Crippen LogP contribution >= 0.6 is 0 Å². The second-order valence-electron chi connectivity index (χ2n) is 4.64. The lowest BCUT2D eigenvalue weighted by Gasteiger charge is -2.10. The summed E-state index contributed by atoms with van der Waals surface area (Å²) in [4.78, 5) is 31.4. The molecule has 2 rings (SSSR count). The highest BCUT2D eigenvalue weighted by Gasteiger charge is 2.14. The fourth-order valence-corrected chi connectivity index (χ4v) is 1.99. The lowest BCUT2D eigenvalue weighted by molar-refractivity contribution is -0.114. The van der Waals surface area contributed by atoms with Crippen LogP contribution < -0.4 is 10.6 Å². The number of hydrogen-bond donors (Lipinski definition) is 2. The molecule has 2 aromatic rings. The van der Waals surface area contributed by atoms with Crippen molar-refractivity contribution < 1.29 is 9.59 Å². The molecule has 6 heteroatoms. The molecule has 0 aliphatic heterocycles. The Bertz CT molecular complexity index is 678. The average molecular weight is 284 g/mol. The maximum Gasteiger partial charge on any atom is 0.259 e. The fourth-order valence-electron chi connectivity index (χ4n) is 1.99. The summed E-state index contributed by atoms with van der Waals surface area (Å²) in [5.41, 5.74) is 2.92. The topological polar surface area (TPSA) is 84.0 Å². The maximum absolute atomic E-state index is 12.3. The highest BCUT2D eigenvalue weighted by atomic mass is 16.2. The van der Waals surface area contributed by atoms with Crippen molar-refractivity contribution in [2.24, 2.45) is 0 Å². The Kier molecular flexibility index (Phi) is 4.27. The van der Waals surface area contributed by atoms with Crippen molar-refractivity contribution in [2.45, 2.75) is 20.8 Å². The van der Waals surface area contributed by atoms with Crippen LogP contribution in [-0.2, 0) is 4.79 Å². The standard InChI is InChI=1S/C15H16N4O2/c1-9-14(10(2)17-8-16-9)15(21)19-13-6-4-5-12(7-13)18-11(3)20/h4-8H,1-3H3,(H,18,20)(H,19,21). The van der Waals surface area contributed by atoms with Crippen LogP contribution in [0, 0.1) is 13.8 Å². The van der Waals surface area contributed by atoms with Gasteiger partial charge in [-0.2, -0.15) is 0 Å². The Balaban J connectivity index is 2.22. The number of carbonyl (C=O) groups excluding carboxylic acids is 2. The van der Waals surface area contributed by atoms with Crippen molar-refractivity contribution in [3.05, 3.63) is 47.5 Å². The lowest BCUT2D eigenvalue weighted by Crippen LogP contribution is -2.16. The van der Waals surface area contributed by atoms with Crippen LogP contribution in [0.5, 0.6) is 0 Å². The first-order chi connectivity index (χ1) is 9.97. The summed E-state index contributed by atoms with van der Waals surface area (Å²) < 4.78 is 0. The van der Waals surface area contributed by atoms with Crippen LogP contribution in [0.4, 0.5) is 11.4 Å². The van der Waals surface area contributed by atoms with Crippen LogP contribution in [0.15, 0.2) is 30.6 Å². The first-order valence-corrected chi connectivity index (χ1v) is 6.44. The molecule has 0 bridgehead atoms. The summed E-state index contributed by atoms with van der Waals surface area (Å²) in [5.74, 6) is -0.438. The molecule has 0 saturated heterocycles. The summed E-state index contributed by atoms with van der Waals surface area (Å²) in [6, 6.07) is 6.94. The van der Waals surface area contributed by atoms with E-state index < -0.39 is 0 Å². The van der Waals surface area contributed by atoms with Gasteiger partial charge in [-0.05, 0) is 32.0 Å². The first-order valence-electron chi connectivity index (χ1n) is 6.44. The van der Waals surface area contributed by atoms with E-state index in [4.69, 9.17) is 0 Å². The molecule has 1 aromatic heterocycles. The zero-order chi connectivity index (χ0) is 15.4. The van der Waals surface area contributed by atoms with Gasteiger partial charge in [0.15, 0.2) is 0 Å². The minimum absolute atomic E-state index is 0.165. The van der Waals surface area contributed by atoms with Crippen molar-refractivity contribution in [1.82, 2.24) is 9.97 Å². The summed E-state index contributed by atoms with van der Waals surface area (Å²) in [5, 5.41) is 5.45. The number of aromatic nitrogens is 2. The Morgan fingerprint density at radius 1 is 1.00 bits per heavy atom. The summed E-state index contributed by atoms with van der Waals surface area (Å²) in [6.07, 6.45) is 1.43. The van der Waals surface area contributed by atoms with Gasteiger partial charge < -0.3 is 10.6 Å². The van der Waals surface area contributed by atoms with Crippen molar-refractivity contribution in [2.75, 3.05) is 10.6 Å². The molecule has 0 spiro atoms. The SMILES string of the molecule is CC(=O)Nc1cccc(NC(=O)c2c(C)ncnc2C)c1. The Labute approximate surface area is 122 Å². The van der Waals surface area contributed by atoms with E-state index in [0.29, 0.717) is 28.3 Å². The predicted molar refractivity (Wildman–Crippen MR) is 80.2 cm³/mol. The van der Waals surface area contributed by atoms with E-state index in [-0.39, 0.29) is 11.8 Å². The molecule has 108 valence electrons. The normalized spacial score (nSPS) is 10.0. The van der Waals surface area contributed by atoms with Crippen molar-refractivity contribution >= 4 is 23.2 Å². The third-order valence-corrected chi connectivity index (χ3v) is 2.89. The van der Waals surface area contributed by atoms with E-state index in [2.05, 4.69) is 20.6 Å². The molecule has 2 amide bonds. The van der Waals surface area contributed by atoms with Crippen LogP contribution in [0.3, 0.4) is 0 Å². The molecule has 2 N–H and O–H groups in total. The van der Waals surface area contributed by atoms with Gasteiger partial charge in [0.1, 0.15) is 6.33 Å². The number of amides is 2. The molecule has 0 atom stereocenters. The minimum atomic E-state index is -0.273. The van der Waals surface area contributed by atoms with E-state index in [0.717, 1.165) is 0 Å². The van der Waals surface area contributed by atoms with Crippen LogP contribution in [-0.4, -0.2) is 21.8 Å². The molecular formula is C15H16N4O2. The zero-order valence-corrected chi connectivity index (χ0v) is 12.1. The number of carbonyl (C=O) groups is 2. The van der Waals surface area contributed by atoms with Gasteiger partial charge >= 0.3 is 0 Å². The van der Waals surface area contributed by atoms with E-state index in [1.165, 1.54) is 13.3 Å². The minimum Gasteiger partial charge on any atom is -0.326 e. The number of anilines is 2. The second kappa shape index (κ2) is 6.13. The molecule has 0 unspecified atom stereocenters. The monoisotopic (exact) mass is 284 g/mol. The lowest BCUT2D eigenvalue weighted by atomic mass is 10.1. The van der Waals surface area contributed by atoms with E-state index in [1.807, 2.05) is 0 Å². The summed E-state index contributed by atoms with van der Waals surface area (Å²) in [6.45, 7) is 4.95. The average Bonchev–Trinajstić information content (AvgIpc) is 2.37. The molecule has 0 fully saturated rings. The van der Waals surface area contributed by atoms with Gasteiger partial charge in [0.25, 0.3) is 5.91 Å². The summed E-state index contributed by atoms with van der Waals surface area (Å²) in [7, 11) is 0. The maximum atomic E-state index is 12.3. The van der Waals surface area contributed by atoms with Crippen molar-refractivity contribution in [1.29, 1.82) is 0 Å². The Morgan fingerprint density at radius 2 is 1.57 bits per heavy atom. The molecule has 1 aromatic carbocycles. The molecule has 0 aliphatic carbocycles. The summed E-state index contributed by atoms with van der Waals surface area (Å²) >= 11 is 0. The zero-order valence-electron chi connectivity index (χ0n) is 12.1. The van der Waals surface area contributed by atoms with E-state index in [9.17, 15) is 9.59 Å². The number of benzene rings is 1. The van der Waals surface area contributed by atoms with Gasteiger partial charge in [0.2, 0.25) is 5.91 Å². The van der Waals surface area contributed by atoms with Crippen LogP contribution in [0.1, 0.15) is 28.7 Å². The molecule has 0 radical (unpaired) electrons. The molecule has 1 heterocycles. The van der Waals surface area contributed by atoms with Crippen molar-refractivity contribution in [3.63, 3.8) is 0 Å². The van der Waals surface area contributed by atoms with Crippen LogP contribution in [0.25, 0.3) is 0 Å². The van der Waals surface area contributed by atoms with E-state index >= 15 is 0 Å². The number of rotatable bonds is 3. The van der Waals surface area contributed by atoms with Gasteiger partial charge in [0, 0.05) is 18.3 Å². The number of aryl methyl sites for hydroxylation is 2. The van der Waals surface area contributed by atoms with Crippen molar-refractivity contribution in [3.8, 4) is 0 Å². The van der Waals surface area contributed by atoms with Gasteiger partial charge in [-0.25, -0.2) is 9.97 Å². The van der Waals surface area contributed by atoms with Gasteiger partial charge in [-0.1, -0.05) is 6.07 Å². The fraction of sp³-hybridized carbons (Fsp3) is 0.200. The Hall–Kier alpha value is -2.76. The predicted octanol–water partition coefficient (Wildman–Crippen LogP) is 2.30. The molecular weight excluding hydrogens is 268 g/mol.